The van der Waals surface area contributed by atoms with Crippen molar-refractivity contribution in [3.63, 3.8) is 0 Å². The van der Waals surface area contributed by atoms with Crippen molar-refractivity contribution >= 4 is 22.8 Å². The summed E-state index contributed by atoms with van der Waals surface area (Å²) in [5, 5.41) is 0.845. The van der Waals surface area contributed by atoms with Crippen LogP contribution >= 0.6 is 0 Å². The summed E-state index contributed by atoms with van der Waals surface area (Å²) in [6, 6.07) is 16.1. The van der Waals surface area contributed by atoms with E-state index in [0.717, 1.165) is 10.9 Å². The molecule has 0 aliphatic carbocycles. The van der Waals surface area contributed by atoms with Crippen LogP contribution in [-0.2, 0) is 4.79 Å². The zero-order valence-corrected chi connectivity index (χ0v) is 11.4. The van der Waals surface area contributed by atoms with E-state index >= 15 is 0 Å². The van der Waals surface area contributed by atoms with Gasteiger partial charge >= 0.3 is 5.97 Å². The van der Waals surface area contributed by atoms with Crippen molar-refractivity contribution in [1.82, 2.24) is 4.57 Å². The van der Waals surface area contributed by atoms with Gasteiger partial charge in [0.25, 0.3) is 5.91 Å². The molecule has 0 fully saturated rings. The lowest BCUT2D eigenvalue weighted by atomic mass is 10.2. The van der Waals surface area contributed by atoms with E-state index in [2.05, 4.69) is 0 Å². The van der Waals surface area contributed by atoms with Gasteiger partial charge < -0.3 is 4.74 Å². The molecule has 0 amide bonds. The number of benzene rings is 2. The number of hydrogen-bond acceptors (Lipinski definition) is 3. The number of rotatable bonds is 2. The Hall–Kier alpha value is -2.88. The van der Waals surface area contributed by atoms with Crippen LogP contribution in [0.15, 0.2) is 60.8 Å². The predicted octanol–water partition coefficient (Wildman–Crippen LogP) is 3.26. The van der Waals surface area contributed by atoms with Crippen molar-refractivity contribution < 1.29 is 14.3 Å². The molecule has 0 bridgehead atoms. The van der Waals surface area contributed by atoms with Crippen LogP contribution in [0.2, 0.25) is 0 Å². The summed E-state index contributed by atoms with van der Waals surface area (Å²) < 4.78 is 6.63. The average molecular weight is 279 g/mol. The van der Waals surface area contributed by atoms with Gasteiger partial charge in [0.2, 0.25) is 0 Å². The molecule has 0 spiro atoms. The normalized spacial score (nSPS) is 10.5. The first-order valence-corrected chi connectivity index (χ1v) is 6.54. The quantitative estimate of drug-likeness (QED) is 0.534. The number of carbonyl (C=O) groups is 2. The lowest BCUT2D eigenvalue weighted by Crippen LogP contribution is -2.10. The summed E-state index contributed by atoms with van der Waals surface area (Å²) in [6.45, 7) is 1.36. The van der Waals surface area contributed by atoms with Gasteiger partial charge in [-0.2, -0.15) is 0 Å². The molecule has 4 heteroatoms. The maximum Gasteiger partial charge on any atom is 0.308 e. The summed E-state index contributed by atoms with van der Waals surface area (Å²) in [7, 11) is 0. The fraction of sp³-hybridized carbons (Fsp3) is 0.0588. The molecule has 0 saturated heterocycles. The van der Waals surface area contributed by atoms with Crippen molar-refractivity contribution in [2.45, 2.75) is 6.92 Å². The van der Waals surface area contributed by atoms with Gasteiger partial charge in [0.05, 0.1) is 5.52 Å². The van der Waals surface area contributed by atoms with Crippen LogP contribution in [0.25, 0.3) is 10.9 Å². The second kappa shape index (κ2) is 5.25. The van der Waals surface area contributed by atoms with Crippen molar-refractivity contribution in [1.29, 1.82) is 0 Å². The lowest BCUT2D eigenvalue weighted by molar-refractivity contribution is -0.131. The highest BCUT2D eigenvalue weighted by molar-refractivity contribution is 6.02. The van der Waals surface area contributed by atoms with E-state index in [4.69, 9.17) is 4.74 Å². The van der Waals surface area contributed by atoms with Gasteiger partial charge in [-0.25, -0.2) is 0 Å². The molecule has 0 aliphatic rings. The Bertz CT molecular complexity index is 818. The van der Waals surface area contributed by atoms with Gasteiger partial charge in [-0.05, 0) is 36.4 Å². The fourth-order valence-electron chi connectivity index (χ4n) is 2.25. The Morgan fingerprint density at radius 1 is 1.00 bits per heavy atom. The third-order valence-electron chi connectivity index (χ3n) is 3.16. The van der Waals surface area contributed by atoms with E-state index in [1.54, 1.807) is 41.1 Å². The number of hydrogen-bond donors (Lipinski definition) is 0. The van der Waals surface area contributed by atoms with Crippen molar-refractivity contribution in [3.8, 4) is 5.75 Å². The van der Waals surface area contributed by atoms with Crippen LogP contribution in [0.1, 0.15) is 17.3 Å². The Labute approximate surface area is 121 Å². The molecule has 0 atom stereocenters. The van der Waals surface area contributed by atoms with Gasteiger partial charge in [0.15, 0.2) is 0 Å². The third-order valence-corrected chi connectivity index (χ3v) is 3.16. The molecule has 104 valence electrons. The van der Waals surface area contributed by atoms with Gasteiger partial charge in [-0.1, -0.05) is 18.2 Å². The number of aromatic nitrogens is 1. The summed E-state index contributed by atoms with van der Waals surface area (Å²) >= 11 is 0. The Morgan fingerprint density at radius 2 is 1.76 bits per heavy atom. The summed E-state index contributed by atoms with van der Waals surface area (Å²) in [4.78, 5) is 23.4. The molecule has 4 nitrogen and oxygen atoms in total. The van der Waals surface area contributed by atoms with Crippen LogP contribution in [0.4, 0.5) is 0 Å². The molecule has 3 rings (SSSR count). The van der Waals surface area contributed by atoms with Crippen LogP contribution in [-0.4, -0.2) is 16.4 Å². The zero-order valence-electron chi connectivity index (χ0n) is 11.4. The predicted molar refractivity (Wildman–Crippen MR) is 79.4 cm³/mol. The highest BCUT2D eigenvalue weighted by Gasteiger charge is 2.11. The van der Waals surface area contributed by atoms with Crippen LogP contribution < -0.4 is 4.74 Å². The van der Waals surface area contributed by atoms with E-state index in [9.17, 15) is 9.59 Å². The topological polar surface area (TPSA) is 48.3 Å². The van der Waals surface area contributed by atoms with Crippen molar-refractivity contribution in [2.75, 3.05) is 0 Å². The molecule has 0 N–H and O–H groups in total. The number of carbonyl (C=O) groups excluding carboxylic acids is 2. The number of ether oxygens (including phenoxy) is 1. The lowest BCUT2D eigenvalue weighted by Gasteiger charge is -2.05. The molecule has 2 aromatic carbocycles. The standard InChI is InChI=1S/C17H13NO3/c1-12(19)21-15-7-8-16-14(11-15)9-10-18(16)17(20)13-5-3-2-4-6-13/h2-11H,1H3. The first-order chi connectivity index (χ1) is 10.1. The Balaban J connectivity index is 2.01. The molecule has 3 aromatic rings. The average Bonchev–Trinajstić information content (AvgIpc) is 2.90. The second-order valence-corrected chi connectivity index (χ2v) is 4.67. The number of esters is 1. The van der Waals surface area contributed by atoms with Crippen LogP contribution in [0, 0.1) is 0 Å². The Kier molecular flexibility index (Phi) is 3.28. The fourth-order valence-corrected chi connectivity index (χ4v) is 2.25. The monoisotopic (exact) mass is 279 g/mol. The molecule has 0 radical (unpaired) electrons. The van der Waals surface area contributed by atoms with Gasteiger partial charge in [0.1, 0.15) is 5.75 Å². The molecule has 0 aliphatic heterocycles. The largest absolute Gasteiger partial charge is 0.427 e. The van der Waals surface area contributed by atoms with Crippen molar-refractivity contribution in [3.05, 3.63) is 66.4 Å². The minimum Gasteiger partial charge on any atom is -0.427 e. The highest BCUT2D eigenvalue weighted by Crippen LogP contribution is 2.23. The molecular formula is C17H13NO3. The van der Waals surface area contributed by atoms with Gasteiger partial charge in [0, 0.05) is 24.1 Å². The maximum atomic E-state index is 12.5. The Morgan fingerprint density at radius 3 is 2.48 bits per heavy atom. The SMILES string of the molecule is CC(=O)Oc1ccc2c(ccn2C(=O)c2ccccc2)c1. The van der Waals surface area contributed by atoms with E-state index in [0.29, 0.717) is 11.3 Å². The first kappa shape index (κ1) is 13.1. The van der Waals surface area contributed by atoms with E-state index in [-0.39, 0.29) is 11.9 Å². The zero-order chi connectivity index (χ0) is 14.8. The van der Waals surface area contributed by atoms with Crippen LogP contribution in [0.3, 0.4) is 0 Å². The molecule has 0 unspecified atom stereocenters. The molecule has 1 aromatic heterocycles. The molecule has 1 heterocycles. The summed E-state index contributed by atoms with van der Waals surface area (Å²) in [6.07, 6.45) is 1.72. The third kappa shape index (κ3) is 2.56. The number of fused-ring (bicyclic) bond motifs is 1. The minimum absolute atomic E-state index is 0.0918. The van der Waals surface area contributed by atoms with E-state index < -0.39 is 0 Å². The van der Waals surface area contributed by atoms with Gasteiger partial charge in [-0.3, -0.25) is 14.2 Å². The first-order valence-electron chi connectivity index (χ1n) is 6.54. The van der Waals surface area contributed by atoms with E-state index in [1.165, 1.54) is 6.92 Å². The van der Waals surface area contributed by atoms with Crippen molar-refractivity contribution in [2.24, 2.45) is 0 Å². The molecule has 0 saturated carbocycles. The number of nitrogens with zero attached hydrogens (tertiary/aromatic N) is 1. The van der Waals surface area contributed by atoms with E-state index in [1.807, 2.05) is 24.3 Å². The van der Waals surface area contributed by atoms with Crippen LogP contribution in [0.5, 0.6) is 5.75 Å². The molecule has 21 heavy (non-hydrogen) atoms. The minimum atomic E-state index is -0.367. The second-order valence-electron chi connectivity index (χ2n) is 4.67. The summed E-state index contributed by atoms with van der Waals surface area (Å²) in [5.41, 5.74) is 1.40. The smallest absolute Gasteiger partial charge is 0.308 e. The molecular weight excluding hydrogens is 266 g/mol. The van der Waals surface area contributed by atoms with Gasteiger partial charge in [-0.15, -0.1) is 0 Å². The highest BCUT2D eigenvalue weighted by atomic mass is 16.5. The summed E-state index contributed by atoms with van der Waals surface area (Å²) in [5.74, 6) is 0.0138. The maximum absolute atomic E-state index is 12.5.